The van der Waals surface area contributed by atoms with Crippen LogP contribution in [0.1, 0.15) is 12.5 Å². The van der Waals surface area contributed by atoms with Gasteiger partial charge in [-0.25, -0.2) is 4.98 Å². The zero-order chi connectivity index (χ0) is 14.4. The van der Waals surface area contributed by atoms with Gasteiger partial charge in [0.15, 0.2) is 0 Å². The molecule has 0 saturated heterocycles. The van der Waals surface area contributed by atoms with Gasteiger partial charge in [-0.05, 0) is 31.2 Å². The summed E-state index contributed by atoms with van der Waals surface area (Å²) < 4.78 is 0. The molecule has 0 radical (unpaired) electrons. The van der Waals surface area contributed by atoms with E-state index in [1.165, 1.54) is 6.20 Å². The third kappa shape index (κ3) is 3.56. The predicted octanol–water partition coefficient (Wildman–Crippen LogP) is 2.39. The van der Waals surface area contributed by atoms with Crippen LogP contribution in [0.5, 0.6) is 0 Å². The van der Waals surface area contributed by atoms with Crippen LogP contribution in [-0.4, -0.2) is 16.9 Å². The molecule has 0 aliphatic rings. The monoisotopic (exact) mass is 266 g/mol. The molecule has 2 rings (SSSR count). The zero-order valence-electron chi connectivity index (χ0n) is 11.0. The van der Waals surface area contributed by atoms with E-state index >= 15 is 0 Å². The highest BCUT2D eigenvalue weighted by Crippen LogP contribution is 2.09. The number of nitrogens with zero attached hydrogens (tertiary/aromatic N) is 2. The van der Waals surface area contributed by atoms with Gasteiger partial charge in [0.05, 0.1) is 5.56 Å². The number of amides is 1. The van der Waals surface area contributed by atoms with Gasteiger partial charge in [0.1, 0.15) is 17.9 Å². The number of pyridine rings is 1. The SMILES string of the molecule is CC(Nc1ccc(C#N)cn1)C(=O)Nc1ccccc1. The van der Waals surface area contributed by atoms with Crippen LogP contribution < -0.4 is 10.6 Å². The lowest BCUT2D eigenvalue weighted by Crippen LogP contribution is -2.32. The topological polar surface area (TPSA) is 77.8 Å². The number of rotatable bonds is 4. The maximum Gasteiger partial charge on any atom is 0.246 e. The van der Waals surface area contributed by atoms with E-state index in [9.17, 15) is 4.79 Å². The van der Waals surface area contributed by atoms with Crippen molar-refractivity contribution in [3.05, 3.63) is 54.2 Å². The fourth-order valence-corrected chi connectivity index (χ4v) is 1.60. The lowest BCUT2D eigenvalue weighted by molar-refractivity contribution is -0.116. The maximum atomic E-state index is 12.0. The molecule has 1 aromatic heterocycles. The lowest BCUT2D eigenvalue weighted by atomic mass is 10.2. The van der Waals surface area contributed by atoms with E-state index in [4.69, 9.17) is 5.26 Å². The molecule has 1 unspecified atom stereocenters. The summed E-state index contributed by atoms with van der Waals surface area (Å²) in [4.78, 5) is 16.1. The highest BCUT2D eigenvalue weighted by atomic mass is 16.2. The maximum absolute atomic E-state index is 12.0. The van der Waals surface area contributed by atoms with Crippen LogP contribution in [0.25, 0.3) is 0 Å². The predicted molar refractivity (Wildman–Crippen MR) is 77.1 cm³/mol. The number of aromatic nitrogens is 1. The Morgan fingerprint density at radius 2 is 2.00 bits per heavy atom. The molecule has 0 spiro atoms. The van der Waals surface area contributed by atoms with Crippen molar-refractivity contribution in [2.75, 3.05) is 10.6 Å². The summed E-state index contributed by atoms with van der Waals surface area (Å²) in [7, 11) is 0. The summed E-state index contributed by atoms with van der Waals surface area (Å²) in [5, 5.41) is 14.5. The molecule has 1 amide bonds. The fraction of sp³-hybridized carbons (Fsp3) is 0.133. The number of carbonyl (C=O) groups excluding carboxylic acids is 1. The second kappa shape index (κ2) is 6.34. The van der Waals surface area contributed by atoms with Gasteiger partial charge in [-0.3, -0.25) is 4.79 Å². The first-order chi connectivity index (χ1) is 9.69. The normalized spacial score (nSPS) is 11.2. The van der Waals surface area contributed by atoms with Crippen molar-refractivity contribution in [2.45, 2.75) is 13.0 Å². The van der Waals surface area contributed by atoms with E-state index < -0.39 is 6.04 Å². The smallest absolute Gasteiger partial charge is 0.246 e. The van der Waals surface area contributed by atoms with Gasteiger partial charge in [0.25, 0.3) is 0 Å². The standard InChI is InChI=1S/C15H14N4O/c1-11(15(20)19-13-5-3-2-4-6-13)18-14-8-7-12(9-16)10-17-14/h2-8,10-11H,1H3,(H,17,18)(H,19,20). The highest BCUT2D eigenvalue weighted by Gasteiger charge is 2.13. The van der Waals surface area contributed by atoms with Gasteiger partial charge in [-0.15, -0.1) is 0 Å². The van der Waals surface area contributed by atoms with Crippen molar-refractivity contribution in [3.63, 3.8) is 0 Å². The van der Waals surface area contributed by atoms with Gasteiger partial charge in [0, 0.05) is 11.9 Å². The molecule has 20 heavy (non-hydrogen) atoms. The average molecular weight is 266 g/mol. The van der Waals surface area contributed by atoms with E-state index in [0.29, 0.717) is 11.4 Å². The van der Waals surface area contributed by atoms with Gasteiger partial charge in [-0.2, -0.15) is 5.26 Å². The molecule has 0 fully saturated rings. The first-order valence-electron chi connectivity index (χ1n) is 6.17. The number of nitriles is 1. The van der Waals surface area contributed by atoms with Crippen LogP contribution in [0.3, 0.4) is 0 Å². The number of benzene rings is 1. The summed E-state index contributed by atoms with van der Waals surface area (Å²) in [6.07, 6.45) is 1.46. The number of anilines is 2. The first-order valence-corrected chi connectivity index (χ1v) is 6.17. The first kappa shape index (κ1) is 13.6. The van der Waals surface area contributed by atoms with Crippen LogP contribution in [-0.2, 0) is 4.79 Å². The molecule has 0 saturated carbocycles. The summed E-state index contributed by atoms with van der Waals surface area (Å²) in [6.45, 7) is 1.75. The Hall–Kier alpha value is -2.87. The summed E-state index contributed by atoms with van der Waals surface area (Å²) in [5.74, 6) is 0.405. The Kier molecular flexibility index (Phi) is 4.30. The van der Waals surface area contributed by atoms with Gasteiger partial charge >= 0.3 is 0 Å². The van der Waals surface area contributed by atoms with E-state index in [0.717, 1.165) is 5.69 Å². The molecule has 0 bridgehead atoms. The zero-order valence-corrected chi connectivity index (χ0v) is 11.0. The number of hydrogen-bond acceptors (Lipinski definition) is 4. The average Bonchev–Trinajstić information content (AvgIpc) is 2.49. The van der Waals surface area contributed by atoms with Crippen LogP contribution in [0.2, 0.25) is 0 Å². The van der Waals surface area contributed by atoms with E-state index in [2.05, 4.69) is 15.6 Å². The highest BCUT2D eigenvalue weighted by molar-refractivity contribution is 5.96. The van der Waals surface area contributed by atoms with Crippen LogP contribution in [0, 0.1) is 11.3 Å². The van der Waals surface area contributed by atoms with Gasteiger partial charge in [-0.1, -0.05) is 18.2 Å². The van der Waals surface area contributed by atoms with Crippen molar-refractivity contribution in [1.82, 2.24) is 4.98 Å². The van der Waals surface area contributed by atoms with Gasteiger partial charge in [0.2, 0.25) is 5.91 Å². The molecule has 2 N–H and O–H groups in total. The Balaban J connectivity index is 1.95. The number of hydrogen-bond donors (Lipinski definition) is 2. The molecule has 1 atom stereocenters. The van der Waals surface area contributed by atoms with Crippen LogP contribution >= 0.6 is 0 Å². The summed E-state index contributed by atoms with van der Waals surface area (Å²) in [5.41, 5.74) is 1.23. The minimum atomic E-state index is -0.435. The number of para-hydroxylation sites is 1. The van der Waals surface area contributed by atoms with E-state index in [1.54, 1.807) is 19.1 Å². The minimum Gasteiger partial charge on any atom is -0.359 e. The van der Waals surface area contributed by atoms with Crippen molar-refractivity contribution in [1.29, 1.82) is 5.26 Å². The molecule has 0 aliphatic heterocycles. The third-order valence-electron chi connectivity index (χ3n) is 2.69. The lowest BCUT2D eigenvalue weighted by Gasteiger charge is -2.14. The van der Waals surface area contributed by atoms with Gasteiger partial charge < -0.3 is 10.6 Å². The fourth-order valence-electron chi connectivity index (χ4n) is 1.60. The Morgan fingerprint density at radius 3 is 2.60 bits per heavy atom. The van der Waals surface area contributed by atoms with Crippen LogP contribution in [0.15, 0.2) is 48.7 Å². The number of nitrogens with one attached hydrogen (secondary N) is 2. The van der Waals surface area contributed by atoms with E-state index in [-0.39, 0.29) is 5.91 Å². The van der Waals surface area contributed by atoms with Crippen molar-refractivity contribution < 1.29 is 4.79 Å². The number of carbonyl (C=O) groups is 1. The molecule has 5 nitrogen and oxygen atoms in total. The van der Waals surface area contributed by atoms with Crippen molar-refractivity contribution in [2.24, 2.45) is 0 Å². The molecule has 1 heterocycles. The second-order valence-corrected chi connectivity index (χ2v) is 4.27. The molecule has 5 heteroatoms. The molecule has 0 aliphatic carbocycles. The molecule has 2 aromatic rings. The third-order valence-corrected chi connectivity index (χ3v) is 2.69. The molecular weight excluding hydrogens is 252 g/mol. The van der Waals surface area contributed by atoms with Crippen molar-refractivity contribution >= 4 is 17.4 Å². The molecule has 100 valence electrons. The Bertz CT molecular complexity index is 617. The second-order valence-electron chi connectivity index (χ2n) is 4.27. The Labute approximate surface area is 117 Å². The largest absolute Gasteiger partial charge is 0.359 e. The Morgan fingerprint density at radius 1 is 1.25 bits per heavy atom. The molecule has 1 aromatic carbocycles. The van der Waals surface area contributed by atoms with Crippen LogP contribution in [0.4, 0.5) is 11.5 Å². The van der Waals surface area contributed by atoms with Crippen molar-refractivity contribution in [3.8, 4) is 6.07 Å². The van der Waals surface area contributed by atoms with E-state index in [1.807, 2.05) is 36.4 Å². The quantitative estimate of drug-likeness (QED) is 0.890. The summed E-state index contributed by atoms with van der Waals surface area (Å²) in [6, 6.07) is 14.1. The summed E-state index contributed by atoms with van der Waals surface area (Å²) >= 11 is 0. The minimum absolute atomic E-state index is 0.151. The molecular formula is C15H14N4O.